The number of H-pyrrole nitrogens is 1. The predicted molar refractivity (Wildman–Crippen MR) is 54.5 cm³/mol. The Morgan fingerprint density at radius 2 is 2.38 bits per heavy atom. The van der Waals surface area contributed by atoms with Gasteiger partial charge in [0.15, 0.2) is 0 Å². The highest BCUT2D eigenvalue weighted by molar-refractivity contribution is 5.08. The van der Waals surface area contributed by atoms with Gasteiger partial charge in [-0.15, -0.1) is 0 Å². The summed E-state index contributed by atoms with van der Waals surface area (Å²) in [7, 11) is 0. The lowest BCUT2D eigenvalue weighted by Crippen LogP contribution is -2.43. The molecule has 2 heteroatoms. The van der Waals surface area contributed by atoms with E-state index in [2.05, 4.69) is 36.3 Å². The van der Waals surface area contributed by atoms with Crippen molar-refractivity contribution in [3.05, 3.63) is 24.0 Å². The fraction of sp³-hybridized carbons (Fsp3) is 0.636. The first-order valence-electron chi connectivity index (χ1n) is 5.16. The number of hydrogen-bond acceptors (Lipinski definition) is 1. The van der Waals surface area contributed by atoms with Gasteiger partial charge in [-0.25, -0.2) is 0 Å². The molecule has 0 spiro atoms. The first-order chi connectivity index (χ1) is 6.27. The average molecular weight is 178 g/mol. The minimum atomic E-state index is 0.461. The zero-order valence-electron chi connectivity index (χ0n) is 8.38. The molecule has 2 N–H and O–H groups in total. The van der Waals surface area contributed by atoms with Crippen molar-refractivity contribution in [2.75, 3.05) is 0 Å². The van der Waals surface area contributed by atoms with E-state index in [4.69, 9.17) is 0 Å². The summed E-state index contributed by atoms with van der Waals surface area (Å²) in [6.45, 7) is 4.54. The molecular formula is C11H18N2. The summed E-state index contributed by atoms with van der Waals surface area (Å²) in [5.74, 6) is 0.859. The molecule has 1 aliphatic rings. The molecule has 0 aromatic carbocycles. The van der Waals surface area contributed by atoms with Crippen LogP contribution in [0.5, 0.6) is 0 Å². The van der Waals surface area contributed by atoms with Crippen molar-refractivity contribution in [3.8, 4) is 0 Å². The van der Waals surface area contributed by atoms with Crippen LogP contribution in [-0.2, 0) is 0 Å². The van der Waals surface area contributed by atoms with Crippen molar-refractivity contribution < 1.29 is 0 Å². The van der Waals surface area contributed by atoms with Crippen molar-refractivity contribution in [1.82, 2.24) is 10.3 Å². The van der Waals surface area contributed by atoms with Gasteiger partial charge in [0.2, 0.25) is 0 Å². The van der Waals surface area contributed by atoms with Crippen molar-refractivity contribution in [1.29, 1.82) is 0 Å². The van der Waals surface area contributed by atoms with E-state index in [1.165, 1.54) is 18.5 Å². The Bertz CT molecular complexity index is 253. The van der Waals surface area contributed by atoms with Gasteiger partial charge >= 0.3 is 0 Å². The molecule has 0 amide bonds. The van der Waals surface area contributed by atoms with Crippen molar-refractivity contribution in [3.63, 3.8) is 0 Å². The quantitative estimate of drug-likeness (QED) is 0.731. The highest BCUT2D eigenvalue weighted by atomic mass is 15.0. The van der Waals surface area contributed by atoms with Crippen LogP contribution in [0.2, 0.25) is 0 Å². The van der Waals surface area contributed by atoms with Gasteiger partial charge in [-0.05, 0) is 37.8 Å². The van der Waals surface area contributed by atoms with Crippen LogP contribution in [0.3, 0.4) is 0 Å². The van der Waals surface area contributed by atoms with E-state index in [0.717, 1.165) is 12.0 Å². The van der Waals surface area contributed by atoms with Crippen molar-refractivity contribution >= 4 is 0 Å². The molecule has 0 bridgehead atoms. The third-order valence-corrected chi connectivity index (χ3v) is 3.17. The first-order valence-corrected chi connectivity index (χ1v) is 5.16. The molecule has 3 atom stereocenters. The lowest BCUT2D eigenvalue weighted by molar-refractivity contribution is 0.213. The number of rotatable bonds is 3. The second-order valence-electron chi connectivity index (χ2n) is 4.17. The Kier molecular flexibility index (Phi) is 2.40. The molecular weight excluding hydrogens is 160 g/mol. The van der Waals surface area contributed by atoms with E-state index in [-0.39, 0.29) is 0 Å². The zero-order valence-corrected chi connectivity index (χ0v) is 8.38. The summed E-state index contributed by atoms with van der Waals surface area (Å²) in [5, 5.41) is 3.64. The fourth-order valence-corrected chi connectivity index (χ4v) is 1.94. The van der Waals surface area contributed by atoms with Gasteiger partial charge in [-0.2, -0.15) is 0 Å². The highest BCUT2D eigenvalue weighted by Crippen LogP contribution is 2.28. The summed E-state index contributed by atoms with van der Waals surface area (Å²) >= 11 is 0. The normalized spacial score (nSPS) is 29.7. The Morgan fingerprint density at radius 3 is 2.85 bits per heavy atom. The molecule has 1 fully saturated rings. The fourth-order valence-electron chi connectivity index (χ4n) is 1.94. The summed E-state index contributed by atoms with van der Waals surface area (Å²) in [6, 6.07) is 5.39. The first kappa shape index (κ1) is 8.82. The van der Waals surface area contributed by atoms with Crippen LogP contribution in [0.15, 0.2) is 18.3 Å². The van der Waals surface area contributed by atoms with Crippen molar-refractivity contribution in [2.45, 2.75) is 38.8 Å². The van der Waals surface area contributed by atoms with Crippen LogP contribution >= 0.6 is 0 Å². The molecule has 2 nitrogen and oxygen atoms in total. The number of hydrogen-bond donors (Lipinski definition) is 2. The van der Waals surface area contributed by atoms with Crippen LogP contribution in [-0.4, -0.2) is 11.0 Å². The molecule has 72 valence electrons. The molecule has 0 aliphatic heterocycles. The van der Waals surface area contributed by atoms with Crippen LogP contribution in [0.1, 0.15) is 38.4 Å². The van der Waals surface area contributed by atoms with Crippen molar-refractivity contribution in [2.24, 2.45) is 5.92 Å². The smallest absolute Gasteiger partial charge is 0.0446 e. The van der Waals surface area contributed by atoms with E-state index in [1.807, 2.05) is 6.20 Å². The van der Waals surface area contributed by atoms with Crippen LogP contribution in [0.4, 0.5) is 0 Å². The maximum absolute atomic E-state index is 3.64. The predicted octanol–water partition coefficient (Wildman–Crippen LogP) is 2.46. The molecule has 0 saturated heterocycles. The molecule has 1 aromatic heterocycles. The molecule has 2 rings (SSSR count). The average Bonchev–Trinajstić information content (AvgIpc) is 2.64. The summed E-state index contributed by atoms with van der Waals surface area (Å²) in [4.78, 5) is 3.24. The SMILES string of the molecule is CC(NC1CCC1C)c1ccc[nH]1. The van der Waals surface area contributed by atoms with Gasteiger partial charge < -0.3 is 10.3 Å². The molecule has 1 heterocycles. The van der Waals surface area contributed by atoms with E-state index < -0.39 is 0 Å². The summed E-state index contributed by atoms with van der Waals surface area (Å²) < 4.78 is 0. The van der Waals surface area contributed by atoms with Gasteiger partial charge in [0.25, 0.3) is 0 Å². The molecule has 3 unspecified atom stereocenters. The highest BCUT2D eigenvalue weighted by Gasteiger charge is 2.27. The zero-order chi connectivity index (χ0) is 9.26. The molecule has 1 aromatic rings. The summed E-state index contributed by atoms with van der Waals surface area (Å²) in [6.07, 6.45) is 4.71. The molecule has 0 radical (unpaired) electrons. The Hall–Kier alpha value is -0.760. The van der Waals surface area contributed by atoms with Gasteiger partial charge in [0.1, 0.15) is 0 Å². The van der Waals surface area contributed by atoms with E-state index in [0.29, 0.717) is 6.04 Å². The van der Waals surface area contributed by atoms with Gasteiger partial charge in [0.05, 0.1) is 0 Å². The summed E-state index contributed by atoms with van der Waals surface area (Å²) in [5.41, 5.74) is 1.29. The van der Waals surface area contributed by atoms with Crippen LogP contribution in [0, 0.1) is 5.92 Å². The Balaban J connectivity index is 1.88. The maximum Gasteiger partial charge on any atom is 0.0446 e. The third-order valence-electron chi connectivity index (χ3n) is 3.17. The largest absolute Gasteiger partial charge is 0.364 e. The Labute approximate surface area is 79.7 Å². The van der Waals surface area contributed by atoms with Crippen LogP contribution in [0.25, 0.3) is 0 Å². The van der Waals surface area contributed by atoms with Gasteiger partial charge in [-0.1, -0.05) is 6.92 Å². The third kappa shape index (κ3) is 1.78. The Morgan fingerprint density at radius 1 is 1.54 bits per heavy atom. The minimum absolute atomic E-state index is 0.461. The maximum atomic E-state index is 3.64. The number of aromatic nitrogens is 1. The van der Waals surface area contributed by atoms with E-state index in [1.54, 1.807) is 0 Å². The van der Waals surface area contributed by atoms with E-state index >= 15 is 0 Å². The molecule has 13 heavy (non-hydrogen) atoms. The standard InChI is InChI=1S/C11H18N2/c1-8-5-6-10(8)13-9(2)11-4-3-7-12-11/h3-4,7-10,12-13H,5-6H2,1-2H3. The monoisotopic (exact) mass is 178 g/mol. The number of nitrogens with one attached hydrogen (secondary N) is 2. The second-order valence-corrected chi connectivity index (χ2v) is 4.17. The topological polar surface area (TPSA) is 27.8 Å². The van der Waals surface area contributed by atoms with E-state index in [9.17, 15) is 0 Å². The van der Waals surface area contributed by atoms with Gasteiger partial charge in [-0.3, -0.25) is 0 Å². The lowest BCUT2D eigenvalue weighted by atomic mass is 9.81. The molecule has 1 aliphatic carbocycles. The number of aromatic amines is 1. The lowest BCUT2D eigenvalue weighted by Gasteiger charge is -2.36. The minimum Gasteiger partial charge on any atom is -0.364 e. The van der Waals surface area contributed by atoms with Crippen LogP contribution < -0.4 is 5.32 Å². The molecule has 1 saturated carbocycles. The van der Waals surface area contributed by atoms with Gasteiger partial charge in [0, 0.05) is 24.0 Å². The second kappa shape index (κ2) is 3.54.